The summed E-state index contributed by atoms with van der Waals surface area (Å²) in [7, 11) is 1.66. The summed E-state index contributed by atoms with van der Waals surface area (Å²) in [5, 5.41) is 4.54. The van der Waals surface area contributed by atoms with Crippen LogP contribution in [0.15, 0.2) is 36.5 Å². The minimum Gasteiger partial charge on any atom is -0.384 e. The monoisotopic (exact) mass is 286 g/mol. The zero-order valence-corrected chi connectivity index (χ0v) is 12.7. The number of hydrogen-bond donors (Lipinski definition) is 0. The highest BCUT2D eigenvalue weighted by atomic mass is 16.5. The number of aryl methyl sites for hydroxylation is 2. The number of carbonyl (C=O) groups is 1. The lowest BCUT2D eigenvalue weighted by Crippen LogP contribution is -2.06. The Balaban J connectivity index is 1.96. The van der Waals surface area contributed by atoms with Gasteiger partial charge >= 0.3 is 0 Å². The summed E-state index contributed by atoms with van der Waals surface area (Å²) in [5.41, 5.74) is 2.82. The highest BCUT2D eigenvalue weighted by Crippen LogP contribution is 2.17. The molecule has 0 aliphatic rings. The normalized spacial score (nSPS) is 12.3. The SMILES string of the molecule is COCC(C)c1nn(CCCc2ccccc2)cc1C=O. The van der Waals surface area contributed by atoms with Crippen molar-refractivity contribution in [3.05, 3.63) is 53.3 Å². The zero-order chi connectivity index (χ0) is 15.1. The van der Waals surface area contributed by atoms with E-state index in [0.29, 0.717) is 12.2 Å². The lowest BCUT2D eigenvalue weighted by Gasteiger charge is -2.07. The molecule has 0 radical (unpaired) electrons. The molecule has 1 atom stereocenters. The van der Waals surface area contributed by atoms with E-state index in [-0.39, 0.29) is 5.92 Å². The van der Waals surface area contributed by atoms with Crippen molar-refractivity contribution in [2.45, 2.75) is 32.2 Å². The summed E-state index contributed by atoms with van der Waals surface area (Å²) in [6.07, 6.45) is 4.73. The Kier molecular flexibility index (Phi) is 5.69. The van der Waals surface area contributed by atoms with E-state index in [4.69, 9.17) is 4.74 Å². The van der Waals surface area contributed by atoms with Gasteiger partial charge in [0.2, 0.25) is 0 Å². The number of aromatic nitrogens is 2. The lowest BCUT2D eigenvalue weighted by atomic mass is 10.1. The van der Waals surface area contributed by atoms with Crippen molar-refractivity contribution in [1.82, 2.24) is 9.78 Å². The molecule has 0 fully saturated rings. The molecule has 4 heteroatoms. The van der Waals surface area contributed by atoms with E-state index in [9.17, 15) is 4.79 Å². The fraction of sp³-hybridized carbons (Fsp3) is 0.412. The molecule has 0 aliphatic heterocycles. The molecule has 21 heavy (non-hydrogen) atoms. The predicted octanol–water partition coefficient (Wildman–Crippen LogP) is 3.08. The van der Waals surface area contributed by atoms with Gasteiger partial charge in [-0.15, -0.1) is 0 Å². The van der Waals surface area contributed by atoms with Crippen molar-refractivity contribution in [2.75, 3.05) is 13.7 Å². The van der Waals surface area contributed by atoms with Gasteiger partial charge in [-0.3, -0.25) is 9.48 Å². The summed E-state index contributed by atoms with van der Waals surface area (Å²) in [6, 6.07) is 10.4. The van der Waals surface area contributed by atoms with Gasteiger partial charge in [0, 0.05) is 25.8 Å². The minimum atomic E-state index is 0.130. The summed E-state index contributed by atoms with van der Waals surface area (Å²) in [6.45, 7) is 3.41. The van der Waals surface area contributed by atoms with Crippen molar-refractivity contribution in [1.29, 1.82) is 0 Å². The van der Waals surface area contributed by atoms with Crippen LogP contribution in [-0.2, 0) is 17.7 Å². The molecule has 0 aliphatic carbocycles. The third kappa shape index (κ3) is 4.26. The van der Waals surface area contributed by atoms with Crippen molar-refractivity contribution >= 4 is 6.29 Å². The summed E-state index contributed by atoms with van der Waals surface area (Å²) >= 11 is 0. The van der Waals surface area contributed by atoms with E-state index < -0.39 is 0 Å². The lowest BCUT2D eigenvalue weighted by molar-refractivity contribution is 0.112. The first kappa shape index (κ1) is 15.4. The van der Waals surface area contributed by atoms with Gasteiger partial charge in [0.05, 0.1) is 17.9 Å². The number of methoxy groups -OCH3 is 1. The number of ether oxygens (including phenoxy) is 1. The first-order valence-electron chi connectivity index (χ1n) is 7.30. The Morgan fingerprint density at radius 3 is 2.76 bits per heavy atom. The van der Waals surface area contributed by atoms with Crippen LogP contribution < -0.4 is 0 Å². The fourth-order valence-electron chi connectivity index (χ4n) is 2.46. The Bertz CT molecular complexity index is 563. The van der Waals surface area contributed by atoms with Gasteiger partial charge in [-0.2, -0.15) is 5.10 Å². The van der Waals surface area contributed by atoms with Crippen LogP contribution in [0.2, 0.25) is 0 Å². The molecule has 1 heterocycles. The van der Waals surface area contributed by atoms with Gasteiger partial charge in [0.25, 0.3) is 0 Å². The Labute approximate surface area is 125 Å². The smallest absolute Gasteiger partial charge is 0.153 e. The van der Waals surface area contributed by atoms with Crippen LogP contribution in [0.4, 0.5) is 0 Å². The van der Waals surface area contributed by atoms with Gasteiger partial charge in [0.15, 0.2) is 6.29 Å². The number of rotatable bonds is 8. The molecule has 1 aromatic carbocycles. The molecule has 2 rings (SSSR count). The van der Waals surface area contributed by atoms with Crippen molar-refractivity contribution in [2.24, 2.45) is 0 Å². The summed E-state index contributed by atoms with van der Waals surface area (Å²) in [4.78, 5) is 11.2. The number of aldehydes is 1. The van der Waals surface area contributed by atoms with Crippen LogP contribution in [0, 0.1) is 0 Å². The van der Waals surface area contributed by atoms with Gasteiger partial charge in [-0.1, -0.05) is 37.3 Å². The maximum absolute atomic E-state index is 11.2. The van der Waals surface area contributed by atoms with Crippen molar-refractivity contribution in [3.8, 4) is 0 Å². The first-order chi connectivity index (χ1) is 10.2. The molecule has 0 saturated heterocycles. The number of nitrogens with zero attached hydrogens (tertiary/aromatic N) is 2. The molecular weight excluding hydrogens is 264 g/mol. The molecule has 0 spiro atoms. The van der Waals surface area contributed by atoms with Gasteiger partial charge in [-0.05, 0) is 18.4 Å². The van der Waals surface area contributed by atoms with Crippen LogP contribution in [0.3, 0.4) is 0 Å². The van der Waals surface area contributed by atoms with Gasteiger partial charge < -0.3 is 4.74 Å². The van der Waals surface area contributed by atoms with E-state index in [1.165, 1.54) is 5.56 Å². The molecule has 112 valence electrons. The predicted molar refractivity (Wildman–Crippen MR) is 82.7 cm³/mol. The van der Waals surface area contributed by atoms with E-state index in [0.717, 1.165) is 31.4 Å². The first-order valence-corrected chi connectivity index (χ1v) is 7.30. The average Bonchev–Trinajstić information content (AvgIpc) is 2.92. The largest absolute Gasteiger partial charge is 0.384 e. The number of hydrogen-bond acceptors (Lipinski definition) is 3. The quantitative estimate of drug-likeness (QED) is 0.700. The topological polar surface area (TPSA) is 44.1 Å². The molecule has 4 nitrogen and oxygen atoms in total. The van der Waals surface area contributed by atoms with Gasteiger partial charge in [0.1, 0.15) is 0 Å². The Morgan fingerprint density at radius 2 is 2.10 bits per heavy atom. The molecule has 0 bridgehead atoms. The molecule has 1 aromatic heterocycles. The minimum absolute atomic E-state index is 0.130. The maximum Gasteiger partial charge on any atom is 0.153 e. The van der Waals surface area contributed by atoms with Crippen LogP contribution in [-0.4, -0.2) is 29.8 Å². The fourth-order valence-corrected chi connectivity index (χ4v) is 2.46. The second-order valence-corrected chi connectivity index (χ2v) is 5.30. The van der Waals surface area contributed by atoms with Gasteiger partial charge in [-0.25, -0.2) is 0 Å². The molecule has 1 unspecified atom stereocenters. The van der Waals surface area contributed by atoms with E-state index >= 15 is 0 Å². The third-order valence-corrected chi connectivity index (χ3v) is 3.53. The zero-order valence-electron chi connectivity index (χ0n) is 12.7. The van der Waals surface area contributed by atoms with Crippen LogP contribution in [0.25, 0.3) is 0 Å². The Hall–Kier alpha value is -1.94. The Morgan fingerprint density at radius 1 is 1.33 bits per heavy atom. The van der Waals surface area contributed by atoms with Crippen LogP contribution in [0.1, 0.15) is 40.9 Å². The van der Waals surface area contributed by atoms with Crippen molar-refractivity contribution in [3.63, 3.8) is 0 Å². The molecular formula is C17H22N2O2. The van der Waals surface area contributed by atoms with Crippen LogP contribution in [0.5, 0.6) is 0 Å². The summed E-state index contributed by atoms with van der Waals surface area (Å²) < 4.78 is 7.01. The van der Waals surface area contributed by atoms with E-state index in [1.54, 1.807) is 7.11 Å². The summed E-state index contributed by atoms with van der Waals surface area (Å²) in [5.74, 6) is 0.130. The standard InChI is InChI=1S/C17H22N2O2/c1-14(13-21-2)17-16(12-20)11-19(18-17)10-6-9-15-7-4-3-5-8-15/h3-5,7-8,11-12,14H,6,9-10,13H2,1-2H3. The van der Waals surface area contributed by atoms with E-state index in [1.807, 2.05) is 23.9 Å². The second kappa shape index (κ2) is 7.74. The molecule has 2 aromatic rings. The molecule has 0 amide bonds. The molecule has 0 N–H and O–H groups in total. The third-order valence-electron chi connectivity index (χ3n) is 3.53. The number of carbonyl (C=O) groups excluding carboxylic acids is 1. The highest BCUT2D eigenvalue weighted by molar-refractivity contribution is 5.76. The highest BCUT2D eigenvalue weighted by Gasteiger charge is 2.15. The van der Waals surface area contributed by atoms with Crippen LogP contribution >= 0.6 is 0 Å². The van der Waals surface area contributed by atoms with Crippen molar-refractivity contribution < 1.29 is 9.53 Å². The second-order valence-electron chi connectivity index (χ2n) is 5.30. The molecule has 0 saturated carbocycles. The van der Waals surface area contributed by atoms with E-state index in [2.05, 4.69) is 29.4 Å². The number of benzene rings is 1. The average molecular weight is 286 g/mol. The maximum atomic E-state index is 11.2.